The van der Waals surface area contributed by atoms with Crippen LogP contribution in [0.4, 0.5) is 0 Å². The van der Waals surface area contributed by atoms with Gasteiger partial charge in [0.2, 0.25) is 0 Å². The number of halogens is 1. The van der Waals surface area contributed by atoms with Crippen LogP contribution < -0.4 is 18.9 Å². The van der Waals surface area contributed by atoms with Crippen molar-refractivity contribution in [2.24, 2.45) is 5.41 Å². The van der Waals surface area contributed by atoms with E-state index in [4.69, 9.17) is 0 Å². The quantitative estimate of drug-likeness (QED) is 0.285. The minimum Gasteiger partial charge on any atom is -0.662 e. The molecule has 0 aromatic heterocycles. The first-order valence-corrected chi connectivity index (χ1v) is 4.31. The summed E-state index contributed by atoms with van der Waals surface area (Å²) in [6.07, 6.45) is 1.34. The minimum absolute atomic E-state index is 0. The number of rotatable bonds is 0. The molecule has 0 bridgehead atoms. The molecule has 0 aromatic carbocycles. The Morgan fingerprint density at radius 1 is 1.40 bits per heavy atom. The van der Waals surface area contributed by atoms with Crippen molar-refractivity contribution in [3.63, 3.8) is 0 Å². The van der Waals surface area contributed by atoms with E-state index in [9.17, 15) is 0 Å². The molecular weight excluding hydrogens is 234 g/mol. The topological polar surface area (TPSA) is 17.3 Å². The molecule has 0 atom stereocenters. The van der Waals surface area contributed by atoms with Crippen LogP contribution in [0.2, 0.25) is 0 Å². The molecule has 1 spiro atoms. The molecule has 0 radical (unpaired) electrons. The molecule has 52 valence electrons. The number of nitrogens with zero attached hydrogens (tertiary/aromatic N) is 2. The maximum absolute atomic E-state index is 4.36. The van der Waals surface area contributed by atoms with Crippen molar-refractivity contribution in [3.8, 4) is 0 Å². The fourth-order valence-electron chi connectivity index (χ4n) is 1.65. The summed E-state index contributed by atoms with van der Waals surface area (Å²) in [5.41, 5.74) is 0.640. The molecule has 2 aliphatic heterocycles. The van der Waals surface area contributed by atoms with Crippen LogP contribution in [0.25, 0.3) is 5.32 Å². The third-order valence-corrected chi connectivity index (χ3v) is 2.94. The van der Waals surface area contributed by atoms with Gasteiger partial charge in [0.05, 0.1) is 0 Å². The van der Waals surface area contributed by atoms with Gasteiger partial charge in [0.1, 0.15) is 0 Å². The molecule has 2 aliphatic rings. The van der Waals surface area contributed by atoms with E-state index in [1.165, 1.54) is 19.5 Å². The van der Waals surface area contributed by atoms with Gasteiger partial charge in [-0.25, -0.2) is 3.11 Å². The van der Waals surface area contributed by atoms with Crippen LogP contribution in [0.3, 0.4) is 0 Å². The normalized spacial score (nSPS) is 29.7. The van der Waals surface area contributed by atoms with Crippen LogP contribution >= 0.6 is 22.9 Å². The predicted octanol–water partition coefficient (Wildman–Crippen LogP) is -1.58. The largest absolute Gasteiger partial charge is 1.00 e. The average Bonchev–Trinajstić information content (AvgIpc) is 2.12. The van der Waals surface area contributed by atoms with Crippen LogP contribution in [0.15, 0.2) is 0 Å². The van der Waals surface area contributed by atoms with Crippen LogP contribution in [-0.2, 0) is 0 Å². The minimum atomic E-state index is 0. The van der Waals surface area contributed by atoms with E-state index in [0.717, 1.165) is 13.1 Å². The van der Waals surface area contributed by atoms with Gasteiger partial charge < -0.3 is 5.32 Å². The van der Waals surface area contributed by atoms with Gasteiger partial charge in [0.15, 0.2) is 0 Å². The van der Waals surface area contributed by atoms with Crippen molar-refractivity contribution >= 4 is 22.9 Å². The molecule has 0 unspecified atom stereocenters. The summed E-state index contributed by atoms with van der Waals surface area (Å²) < 4.78 is 2.35. The van der Waals surface area contributed by atoms with E-state index in [2.05, 4.69) is 31.3 Å². The van der Waals surface area contributed by atoms with Gasteiger partial charge in [-0.05, 0) is 5.41 Å². The Bertz CT molecular complexity index is 117. The van der Waals surface area contributed by atoms with E-state index < -0.39 is 0 Å². The SMILES string of the molecule is IN1CC2(CC[N-]C2)C1.[Li+]. The van der Waals surface area contributed by atoms with Crippen LogP contribution in [0, 0.1) is 5.41 Å². The van der Waals surface area contributed by atoms with Gasteiger partial charge in [0.25, 0.3) is 0 Å². The van der Waals surface area contributed by atoms with Crippen LogP contribution in [-0.4, -0.2) is 29.3 Å². The Labute approximate surface area is 87.8 Å². The van der Waals surface area contributed by atoms with Gasteiger partial charge in [-0.2, -0.15) is 0 Å². The Morgan fingerprint density at radius 2 is 2.10 bits per heavy atom. The van der Waals surface area contributed by atoms with Crippen LogP contribution in [0.1, 0.15) is 6.42 Å². The molecule has 10 heavy (non-hydrogen) atoms. The van der Waals surface area contributed by atoms with Gasteiger partial charge >= 0.3 is 18.9 Å². The van der Waals surface area contributed by atoms with Gasteiger partial charge in [-0.15, -0.1) is 13.1 Å². The molecule has 2 rings (SSSR count). The zero-order valence-electron chi connectivity index (χ0n) is 6.31. The first kappa shape index (κ1) is 9.34. The Hall–Kier alpha value is 1.25. The summed E-state index contributed by atoms with van der Waals surface area (Å²) in [6, 6.07) is 0. The maximum Gasteiger partial charge on any atom is 1.00 e. The summed E-state index contributed by atoms with van der Waals surface area (Å²) in [5, 5.41) is 4.36. The Kier molecular flexibility index (Phi) is 3.10. The number of hydrogen-bond acceptors (Lipinski definition) is 1. The average molecular weight is 244 g/mol. The Morgan fingerprint density at radius 3 is 2.50 bits per heavy atom. The first-order valence-electron chi connectivity index (χ1n) is 3.35. The summed E-state index contributed by atoms with van der Waals surface area (Å²) in [6.45, 7) is 4.80. The second-order valence-electron chi connectivity index (χ2n) is 3.13. The molecule has 0 saturated carbocycles. The second kappa shape index (κ2) is 3.32. The monoisotopic (exact) mass is 244 g/mol. The van der Waals surface area contributed by atoms with E-state index in [0.29, 0.717) is 5.41 Å². The summed E-state index contributed by atoms with van der Waals surface area (Å²) in [7, 11) is 0. The maximum atomic E-state index is 4.36. The predicted molar refractivity (Wildman–Crippen MR) is 45.7 cm³/mol. The van der Waals surface area contributed by atoms with Crippen molar-refractivity contribution in [1.29, 1.82) is 0 Å². The van der Waals surface area contributed by atoms with Crippen molar-refractivity contribution < 1.29 is 18.9 Å². The van der Waals surface area contributed by atoms with E-state index in [-0.39, 0.29) is 18.9 Å². The fraction of sp³-hybridized carbons (Fsp3) is 1.00. The Balaban J connectivity index is 0.000000500. The molecule has 2 heterocycles. The van der Waals surface area contributed by atoms with Crippen molar-refractivity contribution in [2.45, 2.75) is 6.42 Å². The molecular formula is C6H10ILiN2. The molecule has 0 N–H and O–H groups in total. The van der Waals surface area contributed by atoms with Crippen molar-refractivity contribution in [1.82, 2.24) is 3.11 Å². The zero-order chi connectivity index (χ0) is 6.32. The smallest absolute Gasteiger partial charge is 0.662 e. The van der Waals surface area contributed by atoms with E-state index >= 15 is 0 Å². The molecule has 0 amide bonds. The zero-order valence-corrected chi connectivity index (χ0v) is 8.47. The molecule has 2 fully saturated rings. The third kappa shape index (κ3) is 1.53. The van der Waals surface area contributed by atoms with Gasteiger partial charge in [0, 0.05) is 36.0 Å². The van der Waals surface area contributed by atoms with Crippen molar-refractivity contribution in [2.75, 3.05) is 26.2 Å². The molecule has 0 aromatic rings. The second-order valence-corrected chi connectivity index (χ2v) is 4.50. The third-order valence-electron chi connectivity index (χ3n) is 2.26. The fourth-order valence-corrected chi connectivity index (χ4v) is 3.10. The van der Waals surface area contributed by atoms with Crippen molar-refractivity contribution in [3.05, 3.63) is 5.32 Å². The molecule has 0 aliphatic carbocycles. The van der Waals surface area contributed by atoms with E-state index in [1.807, 2.05) is 0 Å². The van der Waals surface area contributed by atoms with Gasteiger partial charge in [-0.1, -0.05) is 6.42 Å². The summed E-state index contributed by atoms with van der Waals surface area (Å²) in [4.78, 5) is 0. The summed E-state index contributed by atoms with van der Waals surface area (Å²) >= 11 is 2.38. The van der Waals surface area contributed by atoms with E-state index in [1.54, 1.807) is 0 Å². The first-order chi connectivity index (χ1) is 4.31. The van der Waals surface area contributed by atoms with Crippen LogP contribution in [0.5, 0.6) is 0 Å². The number of hydrogen-bond donors (Lipinski definition) is 0. The molecule has 2 saturated heterocycles. The standard InChI is InChI=1S/C6H10IN2.Li/c7-9-4-6(5-9)1-2-8-3-6;/h1-5H2;/q-1;+1. The molecule has 2 nitrogen and oxygen atoms in total. The molecule has 4 heteroatoms. The van der Waals surface area contributed by atoms with Gasteiger partial charge in [-0.3, -0.25) is 0 Å². The summed E-state index contributed by atoms with van der Waals surface area (Å²) in [5.74, 6) is 0.